The minimum atomic E-state index is 0.651. The first kappa shape index (κ1) is 9.53. The second-order valence-electron chi connectivity index (χ2n) is 3.87. The lowest BCUT2D eigenvalue weighted by molar-refractivity contribution is 0.607. The van der Waals surface area contributed by atoms with E-state index < -0.39 is 0 Å². The summed E-state index contributed by atoms with van der Waals surface area (Å²) < 4.78 is 0. The second-order valence-corrected chi connectivity index (χ2v) is 3.87. The molecular weight excluding hydrogens is 172 g/mol. The summed E-state index contributed by atoms with van der Waals surface area (Å²) in [6.45, 7) is 5.50. The van der Waals surface area contributed by atoms with Crippen molar-refractivity contribution in [3.63, 3.8) is 0 Å². The predicted molar refractivity (Wildman–Crippen MR) is 60.8 cm³/mol. The topological polar surface area (TPSA) is 24.1 Å². The van der Waals surface area contributed by atoms with E-state index >= 15 is 0 Å². The molecule has 76 valence electrons. The summed E-state index contributed by atoms with van der Waals surface area (Å²) in [5.74, 6) is 0.651. The SMILES string of the molecule is CCCNCC1CNc2ccccc21. The zero-order valence-corrected chi connectivity index (χ0v) is 8.72. The van der Waals surface area contributed by atoms with Gasteiger partial charge in [-0.15, -0.1) is 0 Å². The molecule has 1 atom stereocenters. The summed E-state index contributed by atoms with van der Waals surface area (Å²) >= 11 is 0. The predicted octanol–water partition coefficient (Wildman–Crippen LogP) is 2.20. The Labute approximate surface area is 85.7 Å². The lowest BCUT2D eigenvalue weighted by Crippen LogP contribution is -2.23. The molecule has 0 aromatic heterocycles. The molecule has 0 fully saturated rings. The molecule has 0 bridgehead atoms. The summed E-state index contributed by atoms with van der Waals surface area (Å²) in [4.78, 5) is 0. The van der Waals surface area contributed by atoms with Gasteiger partial charge in [0.15, 0.2) is 0 Å². The van der Waals surface area contributed by atoms with Crippen LogP contribution in [0.5, 0.6) is 0 Å². The van der Waals surface area contributed by atoms with Crippen molar-refractivity contribution in [3.8, 4) is 0 Å². The lowest BCUT2D eigenvalue weighted by Gasteiger charge is -2.10. The van der Waals surface area contributed by atoms with Gasteiger partial charge in [0.05, 0.1) is 0 Å². The Morgan fingerprint density at radius 2 is 2.29 bits per heavy atom. The van der Waals surface area contributed by atoms with Crippen molar-refractivity contribution in [3.05, 3.63) is 29.8 Å². The molecule has 14 heavy (non-hydrogen) atoms. The Morgan fingerprint density at radius 3 is 3.14 bits per heavy atom. The fraction of sp³-hybridized carbons (Fsp3) is 0.500. The molecule has 1 aliphatic heterocycles. The number of anilines is 1. The first-order chi connectivity index (χ1) is 6.92. The molecule has 0 spiro atoms. The number of benzene rings is 1. The third-order valence-corrected chi connectivity index (χ3v) is 2.76. The van der Waals surface area contributed by atoms with E-state index in [-0.39, 0.29) is 0 Å². The Kier molecular flexibility index (Phi) is 3.04. The van der Waals surface area contributed by atoms with Crippen molar-refractivity contribution in [2.24, 2.45) is 0 Å². The Morgan fingerprint density at radius 1 is 1.43 bits per heavy atom. The maximum absolute atomic E-state index is 3.48. The van der Waals surface area contributed by atoms with Crippen LogP contribution in [0.2, 0.25) is 0 Å². The highest BCUT2D eigenvalue weighted by atomic mass is 14.9. The van der Waals surface area contributed by atoms with E-state index in [4.69, 9.17) is 0 Å². The highest BCUT2D eigenvalue weighted by Crippen LogP contribution is 2.30. The van der Waals surface area contributed by atoms with Crippen LogP contribution in [0.25, 0.3) is 0 Å². The second kappa shape index (κ2) is 4.47. The molecule has 2 N–H and O–H groups in total. The molecule has 2 heteroatoms. The van der Waals surface area contributed by atoms with Gasteiger partial charge < -0.3 is 10.6 Å². The standard InChI is InChI=1S/C12H18N2/c1-2-7-13-8-10-9-14-12-6-4-3-5-11(10)12/h3-6,10,13-14H,2,7-9H2,1H3. The molecule has 1 aromatic rings. The van der Waals surface area contributed by atoms with Crippen molar-refractivity contribution in [2.45, 2.75) is 19.3 Å². The highest BCUT2D eigenvalue weighted by molar-refractivity contribution is 5.57. The van der Waals surface area contributed by atoms with Gasteiger partial charge in [0.25, 0.3) is 0 Å². The number of fused-ring (bicyclic) bond motifs is 1. The van der Waals surface area contributed by atoms with Gasteiger partial charge >= 0.3 is 0 Å². The van der Waals surface area contributed by atoms with E-state index in [1.807, 2.05) is 0 Å². The average Bonchev–Trinajstić information content (AvgIpc) is 2.63. The molecule has 1 aromatic carbocycles. The normalized spacial score (nSPS) is 19.1. The van der Waals surface area contributed by atoms with Gasteiger partial charge in [-0.05, 0) is 24.6 Å². The van der Waals surface area contributed by atoms with Gasteiger partial charge in [0.2, 0.25) is 0 Å². The van der Waals surface area contributed by atoms with Crippen LogP contribution in [-0.4, -0.2) is 19.6 Å². The summed E-state index contributed by atoms with van der Waals surface area (Å²) in [5, 5.41) is 6.91. The molecule has 1 unspecified atom stereocenters. The number of rotatable bonds is 4. The van der Waals surface area contributed by atoms with Crippen molar-refractivity contribution in [1.29, 1.82) is 0 Å². The van der Waals surface area contributed by atoms with Crippen LogP contribution in [0.4, 0.5) is 5.69 Å². The van der Waals surface area contributed by atoms with E-state index in [0.29, 0.717) is 5.92 Å². The molecular formula is C12H18N2. The zero-order valence-electron chi connectivity index (χ0n) is 8.72. The number of hydrogen-bond acceptors (Lipinski definition) is 2. The van der Waals surface area contributed by atoms with E-state index in [2.05, 4.69) is 41.8 Å². The summed E-state index contributed by atoms with van der Waals surface area (Å²) in [6.07, 6.45) is 1.21. The van der Waals surface area contributed by atoms with Crippen molar-refractivity contribution in [1.82, 2.24) is 5.32 Å². The van der Waals surface area contributed by atoms with Gasteiger partial charge in [0, 0.05) is 24.7 Å². The van der Waals surface area contributed by atoms with Crippen LogP contribution in [-0.2, 0) is 0 Å². The van der Waals surface area contributed by atoms with Gasteiger partial charge in [-0.3, -0.25) is 0 Å². The van der Waals surface area contributed by atoms with Crippen molar-refractivity contribution in [2.75, 3.05) is 25.0 Å². The van der Waals surface area contributed by atoms with Crippen molar-refractivity contribution < 1.29 is 0 Å². The monoisotopic (exact) mass is 190 g/mol. The molecule has 0 saturated heterocycles. The number of para-hydroxylation sites is 1. The summed E-state index contributed by atoms with van der Waals surface area (Å²) in [6, 6.07) is 8.61. The fourth-order valence-electron chi connectivity index (χ4n) is 1.99. The zero-order chi connectivity index (χ0) is 9.80. The van der Waals surface area contributed by atoms with Crippen LogP contribution >= 0.6 is 0 Å². The van der Waals surface area contributed by atoms with Crippen LogP contribution < -0.4 is 10.6 Å². The molecule has 0 aliphatic carbocycles. The molecule has 0 amide bonds. The third-order valence-electron chi connectivity index (χ3n) is 2.76. The number of hydrogen-bond donors (Lipinski definition) is 2. The molecule has 2 nitrogen and oxygen atoms in total. The van der Waals surface area contributed by atoms with Crippen LogP contribution in [0.1, 0.15) is 24.8 Å². The quantitative estimate of drug-likeness (QED) is 0.711. The van der Waals surface area contributed by atoms with E-state index in [9.17, 15) is 0 Å². The first-order valence-electron chi connectivity index (χ1n) is 5.45. The van der Waals surface area contributed by atoms with Crippen LogP contribution in [0, 0.1) is 0 Å². The minimum Gasteiger partial charge on any atom is -0.384 e. The van der Waals surface area contributed by atoms with Crippen LogP contribution in [0.3, 0.4) is 0 Å². The van der Waals surface area contributed by atoms with E-state index in [0.717, 1.165) is 19.6 Å². The van der Waals surface area contributed by atoms with Gasteiger partial charge in [-0.1, -0.05) is 25.1 Å². The third kappa shape index (κ3) is 1.90. The Balaban J connectivity index is 1.96. The molecule has 1 heterocycles. The number of nitrogens with one attached hydrogen (secondary N) is 2. The lowest BCUT2D eigenvalue weighted by atomic mass is 10.0. The summed E-state index contributed by atoms with van der Waals surface area (Å²) in [5.41, 5.74) is 2.78. The van der Waals surface area contributed by atoms with E-state index in [1.165, 1.54) is 17.7 Å². The molecule has 0 radical (unpaired) electrons. The van der Waals surface area contributed by atoms with Gasteiger partial charge in [-0.2, -0.15) is 0 Å². The average molecular weight is 190 g/mol. The van der Waals surface area contributed by atoms with E-state index in [1.54, 1.807) is 0 Å². The maximum atomic E-state index is 3.48. The minimum absolute atomic E-state index is 0.651. The Bertz CT molecular complexity index is 296. The largest absolute Gasteiger partial charge is 0.384 e. The molecule has 1 aliphatic rings. The van der Waals surface area contributed by atoms with Gasteiger partial charge in [0.1, 0.15) is 0 Å². The summed E-state index contributed by atoms with van der Waals surface area (Å²) in [7, 11) is 0. The van der Waals surface area contributed by atoms with Gasteiger partial charge in [-0.25, -0.2) is 0 Å². The van der Waals surface area contributed by atoms with Crippen LogP contribution in [0.15, 0.2) is 24.3 Å². The first-order valence-corrected chi connectivity index (χ1v) is 5.45. The smallest absolute Gasteiger partial charge is 0.0376 e. The Hall–Kier alpha value is -1.02. The molecule has 2 rings (SSSR count). The fourth-order valence-corrected chi connectivity index (χ4v) is 1.99. The molecule has 0 saturated carbocycles. The highest BCUT2D eigenvalue weighted by Gasteiger charge is 2.20. The van der Waals surface area contributed by atoms with Crippen molar-refractivity contribution >= 4 is 5.69 Å². The maximum Gasteiger partial charge on any atom is 0.0376 e.